The standard InChI is InChI=1S/C16H21N3O2/c1-11(2)7-8-15(20)18-19-16(21)9-12-10-17-14-6-4-3-5-13(12)14/h3-6,10-11,17H,7-9H2,1-2H3,(H,18,20)(H,19,21). The summed E-state index contributed by atoms with van der Waals surface area (Å²) in [5, 5.41) is 1.03. The lowest BCUT2D eigenvalue weighted by atomic mass is 10.1. The molecule has 112 valence electrons. The zero-order valence-corrected chi connectivity index (χ0v) is 12.4. The maximum atomic E-state index is 11.9. The van der Waals surface area contributed by atoms with E-state index in [0.29, 0.717) is 12.3 Å². The number of aromatic nitrogens is 1. The van der Waals surface area contributed by atoms with Gasteiger partial charge in [-0.15, -0.1) is 0 Å². The lowest BCUT2D eigenvalue weighted by molar-refractivity contribution is -0.128. The van der Waals surface area contributed by atoms with Gasteiger partial charge in [-0.25, -0.2) is 0 Å². The van der Waals surface area contributed by atoms with E-state index in [1.165, 1.54) is 0 Å². The predicted molar refractivity (Wildman–Crippen MR) is 82.4 cm³/mol. The van der Waals surface area contributed by atoms with Gasteiger partial charge in [0.2, 0.25) is 11.8 Å². The number of carbonyl (C=O) groups excluding carboxylic acids is 2. The SMILES string of the molecule is CC(C)CCC(=O)NNC(=O)Cc1c[nH]c2ccccc12. The summed E-state index contributed by atoms with van der Waals surface area (Å²) in [5.41, 5.74) is 6.82. The van der Waals surface area contributed by atoms with Crippen molar-refractivity contribution < 1.29 is 9.59 Å². The summed E-state index contributed by atoms with van der Waals surface area (Å²) in [7, 11) is 0. The molecule has 2 amide bonds. The monoisotopic (exact) mass is 287 g/mol. The van der Waals surface area contributed by atoms with Crippen LogP contribution in [0.1, 0.15) is 32.3 Å². The van der Waals surface area contributed by atoms with Crippen molar-refractivity contribution in [1.29, 1.82) is 0 Å². The third-order valence-corrected chi connectivity index (χ3v) is 3.32. The molecule has 0 aliphatic carbocycles. The van der Waals surface area contributed by atoms with Gasteiger partial charge in [0.05, 0.1) is 6.42 Å². The second-order valence-corrected chi connectivity index (χ2v) is 5.57. The number of aromatic amines is 1. The first-order valence-electron chi connectivity index (χ1n) is 7.19. The van der Waals surface area contributed by atoms with Gasteiger partial charge in [0.1, 0.15) is 0 Å². The number of nitrogens with one attached hydrogen (secondary N) is 3. The van der Waals surface area contributed by atoms with Crippen LogP contribution in [0.2, 0.25) is 0 Å². The van der Waals surface area contributed by atoms with Crippen molar-refractivity contribution in [1.82, 2.24) is 15.8 Å². The van der Waals surface area contributed by atoms with Gasteiger partial charge in [0.25, 0.3) is 0 Å². The maximum absolute atomic E-state index is 11.9. The molecular formula is C16H21N3O2. The molecule has 1 aromatic heterocycles. The Hall–Kier alpha value is -2.30. The molecule has 0 bridgehead atoms. The van der Waals surface area contributed by atoms with Crippen molar-refractivity contribution in [2.45, 2.75) is 33.1 Å². The van der Waals surface area contributed by atoms with Gasteiger partial charge in [0, 0.05) is 23.5 Å². The Morgan fingerprint density at radius 3 is 2.62 bits per heavy atom. The first-order valence-corrected chi connectivity index (χ1v) is 7.19. The Kier molecular flexibility index (Phi) is 4.98. The molecule has 5 heteroatoms. The molecule has 2 rings (SSSR count). The van der Waals surface area contributed by atoms with Crippen molar-refractivity contribution in [3.8, 4) is 0 Å². The predicted octanol–water partition coefficient (Wildman–Crippen LogP) is 2.29. The van der Waals surface area contributed by atoms with Gasteiger partial charge < -0.3 is 4.98 Å². The number of hydrogen-bond acceptors (Lipinski definition) is 2. The van der Waals surface area contributed by atoms with Crippen molar-refractivity contribution in [2.24, 2.45) is 5.92 Å². The number of rotatable bonds is 5. The largest absolute Gasteiger partial charge is 0.361 e. The van der Waals surface area contributed by atoms with Gasteiger partial charge >= 0.3 is 0 Å². The van der Waals surface area contributed by atoms with E-state index < -0.39 is 0 Å². The molecule has 0 fully saturated rings. The lowest BCUT2D eigenvalue weighted by Gasteiger charge is -2.08. The van der Waals surface area contributed by atoms with Crippen LogP contribution in [-0.2, 0) is 16.0 Å². The molecule has 0 saturated heterocycles. The van der Waals surface area contributed by atoms with E-state index in [4.69, 9.17) is 0 Å². The molecule has 0 aliphatic rings. The molecular weight excluding hydrogens is 266 g/mol. The van der Waals surface area contributed by atoms with E-state index in [1.54, 1.807) is 0 Å². The van der Waals surface area contributed by atoms with Gasteiger partial charge in [-0.2, -0.15) is 0 Å². The van der Waals surface area contributed by atoms with Crippen LogP contribution in [0.25, 0.3) is 10.9 Å². The van der Waals surface area contributed by atoms with Crippen LogP contribution in [0.15, 0.2) is 30.5 Å². The summed E-state index contributed by atoms with van der Waals surface area (Å²) in [5.74, 6) is 0.0892. The first kappa shape index (κ1) is 15.1. The second-order valence-electron chi connectivity index (χ2n) is 5.57. The Morgan fingerprint density at radius 1 is 1.14 bits per heavy atom. The average molecular weight is 287 g/mol. The number of H-pyrrole nitrogens is 1. The molecule has 0 unspecified atom stereocenters. The number of benzene rings is 1. The zero-order valence-electron chi connectivity index (χ0n) is 12.4. The first-order chi connectivity index (χ1) is 10.1. The van der Waals surface area contributed by atoms with Crippen LogP contribution >= 0.6 is 0 Å². The van der Waals surface area contributed by atoms with Crippen LogP contribution < -0.4 is 10.9 Å². The summed E-state index contributed by atoms with van der Waals surface area (Å²) < 4.78 is 0. The summed E-state index contributed by atoms with van der Waals surface area (Å²) in [4.78, 5) is 26.5. The molecule has 2 aromatic rings. The number of para-hydroxylation sites is 1. The summed E-state index contributed by atoms with van der Waals surface area (Å²) >= 11 is 0. The molecule has 0 saturated carbocycles. The maximum Gasteiger partial charge on any atom is 0.242 e. The fraction of sp³-hybridized carbons (Fsp3) is 0.375. The van der Waals surface area contributed by atoms with Gasteiger partial charge in [-0.05, 0) is 24.0 Å². The summed E-state index contributed by atoms with van der Waals surface area (Å²) in [6, 6.07) is 7.81. The molecule has 5 nitrogen and oxygen atoms in total. The lowest BCUT2D eigenvalue weighted by Crippen LogP contribution is -2.42. The van der Waals surface area contributed by atoms with E-state index >= 15 is 0 Å². The molecule has 3 N–H and O–H groups in total. The van der Waals surface area contributed by atoms with Crippen LogP contribution in [0.3, 0.4) is 0 Å². The van der Waals surface area contributed by atoms with Crippen molar-refractivity contribution >= 4 is 22.7 Å². The number of hydrogen-bond donors (Lipinski definition) is 3. The number of fused-ring (bicyclic) bond motifs is 1. The van der Waals surface area contributed by atoms with E-state index in [1.807, 2.05) is 30.5 Å². The zero-order chi connectivity index (χ0) is 15.2. The highest BCUT2D eigenvalue weighted by molar-refractivity contribution is 5.89. The number of carbonyl (C=O) groups is 2. The molecule has 0 spiro atoms. The van der Waals surface area contributed by atoms with Gasteiger partial charge in [-0.3, -0.25) is 20.4 Å². The Morgan fingerprint density at radius 2 is 1.86 bits per heavy atom. The van der Waals surface area contributed by atoms with Crippen molar-refractivity contribution in [2.75, 3.05) is 0 Å². The smallest absolute Gasteiger partial charge is 0.242 e. The van der Waals surface area contributed by atoms with Crippen molar-refractivity contribution in [3.63, 3.8) is 0 Å². The molecule has 21 heavy (non-hydrogen) atoms. The Labute approximate surface area is 124 Å². The quantitative estimate of drug-likeness (QED) is 0.738. The van der Waals surface area contributed by atoms with Crippen LogP contribution in [0.4, 0.5) is 0 Å². The Bertz CT molecular complexity index is 631. The third kappa shape index (κ3) is 4.34. The molecule has 1 aromatic carbocycles. The van der Waals surface area contributed by atoms with E-state index in [-0.39, 0.29) is 18.2 Å². The molecule has 0 aliphatic heterocycles. The van der Waals surface area contributed by atoms with E-state index in [9.17, 15) is 9.59 Å². The second kappa shape index (κ2) is 6.92. The third-order valence-electron chi connectivity index (χ3n) is 3.32. The summed E-state index contributed by atoms with van der Waals surface area (Å²) in [6.45, 7) is 4.12. The Balaban J connectivity index is 1.83. The van der Waals surface area contributed by atoms with Crippen LogP contribution in [0, 0.1) is 5.92 Å². The highest BCUT2D eigenvalue weighted by Crippen LogP contribution is 2.17. The van der Waals surface area contributed by atoms with Crippen molar-refractivity contribution in [3.05, 3.63) is 36.0 Å². The molecule has 0 radical (unpaired) electrons. The summed E-state index contributed by atoms with van der Waals surface area (Å²) in [6.07, 6.45) is 3.29. The van der Waals surface area contributed by atoms with Gasteiger partial charge in [-0.1, -0.05) is 32.0 Å². The number of hydrazine groups is 1. The fourth-order valence-corrected chi connectivity index (χ4v) is 2.12. The highest BCUT2D eigenvalue weighted by atomic mass is 16.2. The minimum atomic E-state index is -0.224. The average Bonchev–Trinajstić information content (AvgIpc) is 2.86. The van der Waals surface area contributed by atoms with E-state index in [2.05, 4.69) is 29.7 Å². The normalized spacial score (nSPS) is 10.8. The highest BCUT2D eigenvalue weighted by Gasteiger charge is 2.09. The minimum absolute atomic E-state index is 0.157. The molecule has 0 atom stereocenters. The van der Waals surface area contributed by atoms with Crippen LogP contribution in [0.5, 0.6) is 0 Å². The topological polar surface area (TPSA) is 74.0 Å². The number of amides is 2. The molecule has 1 heterocycles. The van der Waals surface area contributed by atoms with Gasteiger partial charge in [0.15, 0.2) is 0 Å². The van der Waals surface area contributed by atoms with E-state index in [0.717, 1.165) is 22.9 Å². The van der Waals surface area contributed by atoms with Crippen LogP contribution in [-0.4, -0.2) is 16.8 Å². The minimum Gasteiger partial charge on any atom is -0.361 e. The fourth-order valence-electron chi connectivity index (χ4n) is 2.12.